The van der Waals surface area contributed by atoms with Gasteiger partial charge in [-0.25, -0.2) is 9.37 Å². The second-order valence-electron chi connectivity index (χ2n) is 3.12. The van der Waals surface area contributed by atoms with Gasteiger partial charge in [-0.3, -0.25) is 4.79 Å². The van der Waals surface area contributed by atoms with Gasteiger partial charge in [0, 0.05) is 12.4 Å². The van der Waals surface area contributed by atoms with E-state index in [4.69, 9.17) is 0 Å². The number of nitrogens with one attached hydrogen (secondary N) is 1. The third kappa shape index (κ3) is 2.10. The van der Waals surface area contributed by atoms with Crippen LogP contribution in [0.1, 0.15) is 16.2 Å². The lowest BCUT2D eigenvalue weighted by atomic mass is 10.1. The van der Waals surface area contributed by atoms with Crippen LogP contribution in [0, 0.1) is 5.82 Å². The van der Waals surface area contributed by atoms with Crippen LogP contribution in [0.2, 0.25) is 0 Å². The molecule has 1 heterocycles. The van der Waals surface area contributed by atoms with E-state index >= 15 is 0 Å². The molecule has 0 saturated heterocycles. The van der Waals surface area contributed by atoms with Crippen molar-refractivity contribution in [3.05, 3.63) is 53.9 Å². The van der Waals surface area contributed by atoms with Crippen molar-refractivity contribution in [2.75, 3.05) is 0 Å². The lowest BCUT2D eigenvalue weighted by molar-refractivity contribution is 0.0987. The van der Waals surface area contributed by atoms with Crippen molar-refractivity contribution in [2.45, 2.75) is 6.42 Å². The summed E-state index contributed by atoms with van der Waals surface area (Å²) in [5, 5.41) is 0. The molecule has 0 aliphatic heterocycles. The summed E-state index contributed by atoms with van der Waals surface area (Å²) in [7, 11) is 0. The van der Waals surface area contributed by atoms with Crippen molar-refractivity contribution in [2.24, 2.45) is 0 Å². The molecular formula is C11H9FN2O. The third-order valence-corrected chi connectivity index (χ3v) is 2.06. The van der Waals surface area contributed by atoms with Gasteiger partial charge in [0.15, 0.2) is 5.78 Å². The highest BCUT2D eigenvalue weighted by molar-refractivity contribution is 5.97. The van der Waals surface area contributed by atoms with E-state index in [1.807, 2.05) is 0 Å². The number of hydrogen-bond acceptors (Lipinski definition) is 2. The fourth-order valence-corrected chi connectivity index (χ4v) is 1.33. The molecule has 0 atom stereocenters. The molecule has 2 rings (SSSR count). The first-order chi connectivity index (χ1) is 7.27. The zero-order valence-electron chi connectivity index (χ0n) is 7.90. The molecule has 2 aromatic rings. The van der Waals surface area contributed by atoms with E-state index in [-0.39, 0.29) is 17.8 Å². The van der Waals surface area contributed by atoms with Crippen molar-refractivity contribution in [1.82, 2.24) is 9.97 Å². The predicted molar refractivity (Wildman–Crippen MR) is 53.0 cm³/mol. The Morgan fingerprint density at radius 1 is 1.40 bits per heavy atom. The van der Waals surface area contributed by atoms with E-state index in [1.54, 1.807) is 24.5 Å². The minimum Gasteiger partial charge on any atom is -0.348 e. The molecule has 1 aromatic heterocycles. The van der Waals surface area contributed by atoms with Crippen molar-refractivity contribution < 1.29 is 9.18 Å². The molecule has 0 amide bonds. The van der Waals surface area contributed by atoms with Crippen molar-refractivity contribution in [3.63, 3.8) is 0 Å². The molecule has 4 heteroatoms. The molecule has 3 nitrogen and oxygen atoms in total. The van der Waals surface area contributed by atoms with E-state index in [1.165, 1.54) is 12.1 Å². The zero-order valence-corrected chi connectivity index (χ0v) is 7.90. The van der Waals surface area contributed by atoms with Gasteiger partial charge in [0.05, 0.1) is 12.0 Å². The monoisotopic (exact) mass is 204 g/mol. The molecule has 0 radical (unpaired) electrons. The predicted octanol–water partition coefficient (Wildman–Crippen LogP) is 1.97. The maximum Gasteiger partial charge on any atom is 0.173 e. The number of halogens is 1. The number of aromatic nitrogens is 2. The van der Waals surface area contributed by atoms with Crippen LogP contribution in [0.15, 0.2) is 36.7 Å². The molecule has 0 aliphatic rings. The number of ketones is 1. The third-order valence-electron chi connectivity index (χ3n) is 2.06. The molecule has 1 aromatic carbocycles. The Kier molecular flexibility index (Phi) is 2.58. The fourth-order valence-electron chi connectivity index (χ4n) is 1.33. The maximum absolute atomic E-state index is 13.2. The average Bonchev–Trinajstić information content (AvgIpc) is 2.71. The second-order valence-corrected chi connectivity index (χ2v) is 3.12. The first-order valence-corrected chi connectivity index (χ1v) is 4.53. The summed E-state index contributed by atoms with van der Waals surface area (Å²) in [6, 6.07) is 5.94. The van der Waals surface area contributed by atoms with Crippen LogP contribution >= 0.6 is 0 Å². The van der Waals surface area contributed by atoms with Gasteiger partial charge in [0.1, 0.15) is 11.6 Å². The van der Waals surface area contributed by atoms with Crippen LogP contribution in [0.5, 0.6) is 0 Å². The van der Waals surface area contributed by atoms with E-state index in [0.29, 0.717) is 5.82 Å². The second kappa shape index (κ2) is 4.04. The van der Waals surface area contributed by atoms with E-state index in [9.17, 15) is 9.18 Å². The van der Waals surface area contributed by atoms with Crippen molar-refractivity contribution in [3.8, 4) is 0 Å². The molecule has 0 bridgehead atoms. The molecule has 1 N–H and O–H groups in total. The van der Waals surface area contributed by atoms with Crippen molar-refractivity contribution in [1.29, 1.82) is 0 Å². The van der Waals surface area contributed by atoms with Crippen LogP contribution < -0.4 is 0 Å². The van der Waals surface area contributed by atoms with Gasteiger partial charge in [0.2, 0.25) is 0 Å². The van der Waals surface area contributed by atoms with Crippen LogP contribution in [-0.4, -0.2) is 15.8 Å². The van der Waals surface area contributed by atoms with Gasteiger partial charge in [0.25, 0.3) is 0 Å². The number of H-pyrrole nitrogens is 1. The normalized spacial score (nSPS) is 10.2. The molecular weight excluding hydrogens is 195 g/mol. The first kappa shape index (κ1) is 9.58. The Balaban J connectivity index is 2.19. The summed E-state index contributed by atoms with van der Waals surface area (Å²) in [6.07, 6.45) is 3.28. The van der Waals surface area contributed by atoms with Gasteiger partial charge in [-0.2, -0.15) is 0 Å². The SMILES string of the molecule is O=C(Cc1ncc[nH]1)c1ccccc1F. The summed E-state index contributed by atoms with van der Waals surface area (Å²) in [6.45, 7) is 0. The minimum absolute atomic E-state index is 0.0912. The lowest BCUT2D eigenvalue weighted by Gasteiger charge is -1.99. The largest absolute Gasteiger partial charge is 0.348 e. The highest BCUT2D eigenvalue weighted by Crippen LogP contribution is 2.09. The average molecular weight is 204 g/mol. The van der Waals surface area contributed by atoms with Gasteiger partial charge in [-0.15, -0.1) is 0 Å². The Bertz CT molecular complexity index is 465. The Morgan fingerprint density at radius 3 is 2.87 bits per heavy atom. The number of imidazole rings is 1. The molecule has 76 valence electrons. The number of hydrogen-bond donors (Lipinski definition) is 1. The van der Waals surface area contributed by atoms with E-state index < -0.39 is 5.82 Å². The van der Waals surface area contributed by atoms with Gasteiger partial charge < -0.3 is 4.98 Å². The summed E-state index contributed by atoms with van der Waals surface area (Å²) >= 11 is 0. The number of aromatic amines is 1. The molecule has 0 unspecified atom stereocenters. The summed E-state index contributed by atoms with van der Waals surface area (Å²) in [4.78, 5) is 18.3. The van der Waals surface area contributed by atoms with Crippen LogP contribution in [0.3, 0.4) is 0 Å². The Morgan fingerprint density at radius 2 is 2.20 bits per heavy atom. The molecule has 15 heavy (non-hydrogen) atoms. The number of carbonyl (C=O) groups excluding carboxylic acids is 1. The highest BCUT2D eigenvalue weighted by atomic mass is 19.1. The fraction of sp³-hybridized carbons (Fsp3) is 0.0909. The number of nitrogens with zero attached hydrogens (tertiary/aromatic N) is 1. The molecule has 0 saturated carbocycles. The number of benzene rings is 1. The zero-order chi connectivity index (χ0) is 10.7. The summed E-state index contributed by atoms with van der Waals surface area (Å²) in [5.74, 6) is -0.222. The highest BCUT2D eigenvalue weighted by Gasteiger charge is 2.12. The van der Waals surface area contributed by atoms with Crippen molar-refractivity contribution >= 4 is 5.78 Å². The smallest absolute Gasteiger partial charge is 0.173 e. The van der Waals surface area contributed by atoms with Gasteiger partial charge in [-0.05, 0) is 12.1 Å². The first-order valence-electron chi connectivity index (χ1n) is 4.53. The number of carbonyl (C=O) groups is 1. The molecule has 0 aliphatic carbocycles. The standard InChI is InChI=1S/C11H9FN2O/c12-9-4-2-1-3-8(9)10(15)7-11-13-5-6-14-11/h1-6H,7H2,(H,13,14). The van der Waals surface area contributed by atoms with Gasteiger partial charge in [-0.1, -0.05) is 12.1 Å². The lowest BCUT2D eigenvalue weighted by Crippen LogP contribution is -2.07. The van der Waals surface area contributed by atoms with Crippen LogP contribution in [0.25, 0.3) is 0 Å². The Hall–Kier alpha value is -1.97. The quantitative estimate of drug-likeness (QED) is 0.777. The minimum atomic E-state index is -0.492. The topological polar surface area (TPSA) is 45.8 Å². The molecule has 0 fully saturated rings. The van der Waals surface area contributed by atoms with E-state index in [2.05, 4.69) is 9.97 Å². The maximum atomic E-state index is 13.2. The molecule has 0 spiro atoms. The Labute approximate surface area is 86.0 Å². The van der Waals surface area contributed by atoms with E-state index in [0.717, 1.165) is 0 Å². The van der Waals surface area contributed by atoms with Gasteiger partial charge >= 0.3 is 0 Å². The van der Waals surface area contributed by atoms with Crippen LogP contribution in [0.4, 0.5) is 4.39 Å². The number of Topliss-reactive ketones (excluding diaryl/α,β-unsaturated/α-hetero) is 1. The summed E-state index contributed by atoms with van der Waals surface area (Å²) in [5.41, 5.74) is 0.105. The summed E-state index contributed by atoms with van der Waals surface area (Å²) < 4.78 is 13.2. The number of rotatable bonds is 3. The van der Waals surface area contributed by atoms with Crippen LogP contribution in [-0.2, 0) is 6.42 Å².